The van der Waals surface area contributed by atoms with Gasteiger partial charge in [0.25, 0.3) is 11.6 Å². The lowest BCUT2D eigenvalue weighted by Gasteiger charge is -2.10. The van der Waals surface area contributed by atoms with Crippen LogP contribution in [0.15, 0.2) is 53.1 Å². The SMILES string of the molecule is COc1ccc([N+](=O)[O-])cc1NC(=O)c1c(-c2ccccc2)noc1C. The quantitative estimate of drug-likeness (QED) is 0.552. The van der Waals surface area contributed by atoms with Gasteiger partial charge in [0.15, 0.2) is 0 Å². The fraction of sp³-hybridized carbons (Fsp3) is 0.111. The highest BCUT2D eigenvalue weighted by molar-refractivity contribution is 6.09. The van der Waals surface area contributed by atoms with E-state index in [1.165, 1.54) is 25.3 Å². The number of nitrogens with one attached hydrogen (secondary N) is 1. The minimum Gasteiger partial charge on any atom is -0.495 e. The van der Waals surface area contributed by atoms with E-state index in [1.807, 2.05) is 30.3 Å². The van der Waals surface area contributed by atoms with Gasteiger partial charge in [-0.15, -0.1) is 0 Å². The monoisotopic (exact) mass is 353 g/mol. The number of anilines is 1. The number of rotatable bonds is 5. The van der Waals surface area contributed by atoms with Gasteiger partial charge >= 0.3 is 0 Å². The lowest BCUT2D eigenvalue weighted by Crippen LogP contribution is -2.14. The standard InChI is InChI=1S/C18H15N3O5/c1-11-16(17(20-26-11)12-6-4-3-5-7-12)18(22)19-14-10-13(21(23)24)8-9-15(14)25-2/h3-10H,1-2H3,(H,19,22). The van der Waals surface area contributed by atoms with Gasteiger partial charge in [0.05, 0.1) is 17.7 Å². The predicted octanol–water partition coefficient (Wildman–Crippen LogP) is 3.82. The minimum absolute atomic E-state index is 0.161. The van der Waals surface area contributed by atoms with Crippen LogP contribution < -0.4 is 10.1 Å². The van der Waals surface area contributed by atoms with Crippen LogP contribution in [-0.2, 0) is 0 Å². The lowest BCUT2D eigenvalue weighted by atomic mass is 10.1. The Balaban J connectivity index is 1.98. The van der Waals surface area contributed by atoms with Crippen molar-refractivity contribution >= 4 is 17.3 Å². The molecule has 1 aromatic heterocycles. The summed E-state index contributed by atoms with van der Waals surface area (Å²) in [7, 11) is 1.41. The first kappa shape index (κ1) is 17.2. The zero-order valence-electron chi connectivity index (χ0n) is 14.1. The summed E-state index contributed by atoms with van der Waals surface area (Å²) < 4.78 is 10.3. The van der Waals surface area contributed by atoms with E-state index in [2.05, 4.69) is 10.5 Å². The number of carbonyl (C=O) groups is 1. The Labute approximate surface area is 148 Å². The van der Waals surface area contributed by atoms with Crippen LogP contribution in [0.1, 0.15) is 16.1 Å². The number of nitrogens with zero attached hydrogens (tertiary/aromatic N) is 2. The number of aryl methyl sites for hydroxylation is 1. The number of carbonyl (C=O) groups excluding carboxylic acids is 1. The summed E-state index contributed by atoms with van der Waals surface area (Å²) in [4.78, 5) is 23.2. The average Bonchev–Trinajstić information content (AvgIpc) is 3.04. The molecule has 3 aromatic rings. The average molecular weight is 353 g/mol. The maximum Gasteiger partial charge on any atom is 0.271 e. The third-order valence-corrected chi connectivity index (χ3v) is 3.78. The molecule has 0 spiro atoms. The van der Waals surface area contributed by atoms with E-state index in [-0.39, 0.29) is 16.9 Å². The molecule has 26 heavy (non-hydrogen) atoms. The molecule has 0 saturated heterocycles. The van der Waals surface area contributed by atoms with Gasteiger partial charge in [0.2, 0.25) is 0 Å². The second kappa shape index (κ2) is 7.06. The van der Waals surface area contributed by atoms with E-state index >= 15 is 0 Å². The summed E-state index contributed by atoms with van der Waals surface area (Å²) in [6, 6.07) is 13.1. The van der Waals surface area contributed by atoms with Crippen molar-refractivity contribution in [2.24, 2.45) is 0 Å². The third-order valence-electron chi connectivity index (χ3n) is 3.78. The van der Waals surface area contributed by atoms with E-state index in [0.717, 1.165) is 5.56 Å². The highest BCUT2D eigenvalue weighted by Gasteiger charge is 2.23. The number of hydrogen-bond donors (Lipinski definition) is 1. The molecule has 1 heterocycles. The zero-order valence-corrected chi connectivity index (χ0v) is 14.1. The second-order valence-electron chi connectivity index (χ2n) is 5.42. The number of ether oxygens (including phenoxy) is 1. The minimum atomic E-state index is -0.546. The maximum atomic E-state index is 12.8. The molecule has 1 amide bonds. The molecule has 0 aliphatic heterocycles. The van der Waals surface area contributed by atoms with E-state index in [4.69, 9.17) is 9.26 Å². The highest BCUT2D eigenvalue weighted by Crippen LogP contribution is 2.31. The molecular weight excluding hydrogens is 338 g/mol. The van der Waals surface area contributed by atoms with Crippen molar-refractivity contribution in [3.63, 3.8) is 0 Å². The number of benzene rings is 2. The Morgan fingerprint density at radius 3 is 2.62 bits per heavy atom. The molecule has 3 rings (SSSR count). The first-order valence-electron chi connectivity index (χ1n) is 7.66. The smallest absolute Gasteiger partial charge is 0.271 e. The van der Waals surface area contributed by atoms with Crippen molar-refractivity contribution in [1.82, 2.24) is 5.16 Å². The van der Waals surface area contributed by atoms with Gasteiger partial charge in [0, 0.05) is 17.7 Å². The van der Waals surface area contributed by atoms with Crippen molar-refractivity contribution in [2.45, 2.75) is 6.92 Å². The summed E-state index contributed by atoms with van der Waals surface area (Å²) >= 11 is 0. The number of non-ortho nitro benzene ring substituents is 1. The van der Waals surface area contributed by atoms with Crippen LogP contribution in [0.4, 0.5) is 11.4 Å². The van der Waals surface area contributed by atoms with Crippen LogP contribution in [0.3, 0.4) is 0 Å². The molecule has 0 radical (unpaired) electrons. The number of hydrogen-bond acceptors (Lipinski definition) is 6. The Morgan fingerprint density at radius 1 is 1.23 bits per heavy atom. The van der Waals surface area contributed by atoms with Crippen molar-refractivity contribution in [2.75, 3.05) is 12.4 Å². The fourth-order valence-electron chi connectivity index (χ4n) is 2.52. The predicted molar refractivity (Wildman–Crippen MR) is 94.3 cm³/mol. The van der Waals surface area contributed by atoms with Crippen LogP contribution in [0.2, 0.25) is 0 Å². The number of amides is 1. The van der Waals surface area contributed by atoms with Gasteiger partial charge in [-0.1, -0.05) is 35.5 Å². The van der Waals surface area contributed by atoms with Crippen LogP contribution in [-0.4, -0.2) is 23.1 Å². The molecule has 0 unspecified atom stereocenters. The van der Waals surface area contributed by atoms with Crippen LogP contribution >= 0.6 is 0 Å². The summed E-state index contributed by atoms with van der Waals surface area (Å²) in [5, 5.41) is 17.6. The van der Waals surface area contributed by atoms with E-state index in [1.54, 1.807) is 6.92 Å². The molecule has 0 aliphatic rings. The first-order valence-corrected chi connectivity index (χ1v) is 7.66. The summed E-state index contributed by atoms with van der Waals surface area (Å²) in [6.45, 7) is 1.62. The van der Waals surface area contributed by atoms with Crippen LogP contribution in [0, 0.1) is 17.0 Å². The Bertz CT molecular complexity index is 966. The van der Waals surface area contributed by atoms with Gasteiger partial charge in [-0.25, -0.2) is 0 Å². The summed E-state index contributed by atoms with van der Waals surface area (Å²) in [6.07, 6.45) is 0. The van der Waals surface area contributed by atoms with Gasteiger partial charge < -0.3 is 14.6 Å². The third kappa shape index (κ3) is 3.25. The number of nitro groups is 1. The van der Waals surface area contributed by atoms with Crippen molar-refractivity contribution in [1.29, 1.82) is 0 Å². The molecular formula is C18H15N3O5. The van der Waals surface area contributed by atoms with Crippen molar-refractivity contribution < 1.29 is 19.0 Å². The normalized spacial score (nSPS) is 10.4. The molecule has 8 heteroatoms. The van der Waals surface area contributed by atoms with Crippen LogP contribution in [0.25, 0.3) is 11.3 Å². The second-order valence-corrected chi connectivity index (χ2v) is 5.42. The summed E-state index contributed by atoms with van der Waals surface area (Å²) in [5.74, 6) is 0.145. The molecule has 1 N–H and O–H groups in total. The lowest BCUT2D eigenvalue weighted by molar-refractivity contribution is -0.384. The largest absolute Gasteiger partial charge is 0.495 e. The zero-order chi connectivity index (χ0) is 18.7. The molecule has 2 aromatic carbocycles. The van der Waals surface area contributed by atoms with Crippen molar-refractivity contribution in [3.8, 4) is 17.0 Å². The molecule has 132 valence electrons. The molecule has 0 bridgehead atoms. The Hall–Kier alpha value is -3.68. The molecule has 0 atom stereocenters. The van der Waals surface area contributed by atoms with Gasteiger partial charge in [-0.2, -0.15) is 0 Å². The molecule has 0 saturated carbocycles. The summed E-state index contributed by atoms with van der Waals surface area (Å²) in [5.41, 5.74) is 1.40. The van der Waals surface area contributed by atoms with Crippen molar-refractivity contribution in [3.05, 3.63) is 70.0 Å². The van der Waals surface area contributed by atoms with E-state index in [0.29, 0.717) is 17.2 Å². The van der Waals surface area contributed by atoms with Gasteiger partial charge in [-0.3, -0.25) is 14.9 Å². The van der Waals surface area contributed by atoms with Gasteiger partial charge in [-0.05, 0) is 13.0 Å². The topological polar surface area (TPSA) is 108 Å². The number of methoxy groups -OCH3 is 1. The molecule has 8 nitrogen and oxygen atoms in total. The van der Waals surface area contributed by atoms with Crippen LogP contribution in [0.5, 0.6) is 5.75 Å². The molecule has 0 fully saturated rings. The Kier molecular flexibility index (Phi) is 4.66. The maximum absolute atomic E-state index is 12.8. The first-order chi connectivity index (χ1) is 12.5. The Morgan fingerprint density at radius 2 is 1.96 bits per heavy atom. The number of nitro benzene ring substituents is 1. The highest BCUT2D eigenvalue weighted by atomic mass is 16.6. The fourth-order valence-corrected chi connectivity index (χ4v) is 2.52. The van der Waals surface area contributed by atoms with E-state index in [9.17, 15) is 14.9 Å². The van der Waals surface area contributed by atoms with E-state index < -0.39 is 10.8 Å². The molecule has 0 aliphatic carbocycles. The number of aromatic nitrogens is 1. The van der Waals surface area contributed by atoms with Gasteiger partial charge in [0.1, 0.15) is 22.8 Å².